The van der Waals surface area contributed by atoms with Crippen molar-refractivity contribution < 1.29 is 0 Å². The minimum absolute atomic E-state index is 0.469. The van der Waals surface area contributed by atoms with E-state index in [1.807, 2.05) is 6.20 Å². The molecule has 1 aromatic heterocycles. The van der Waals surface area contributed by atoms with Crippen LogP contribution in [0.3, 0.4) is 0 Å². The fourth-order valence-electron chi connectivity index (χ4n) is 2.54. The van der Waals surface area contributed by atoms with Crippen molar-refractivity contribution in [2.45, 2.75) is 52.5 Å². The highest BCUT2D eigenvalue weighted by molar-refractivity contribution is 7.09. The molecule has 1 aromatic rings. The molecule has 0 amide bonds. The normalized spacial score (nSPS) is 26.7. The fourth-order valence-corrected chi connectivity index (χ4v) is 3.03. The molecule has 1 heterocycles. The maximum absolute atomic E-state index is 3.87. The molecule has 1 N–H and O–H groups in total. The predicted molar refractivity (Wildman–Crippen MR) is 68.7 cm³/mol. The standard InChI is InChI=1S/C12H21N3S/c1-12(2,3)9-4-6-10(7-5-9)14-11-8-13-15-16-11/h8-10,14H,4-7H2,1-3H3. The van der Waals surface area contributed by atoms with E-state index in [0.29, 0.717) is 11.5 Å². The summed E-state index contributed by atoms with van der Waals surface area (Å²) in [7, 11) is 0. The fraction of sp³-hybridized carbons (Fsp3) is 0.833. The third-order valence-electron chi connectivity index (χ3n) is 3.66. The van der Waals surface area contributed by atoms with Gasteiger partial charge in [0, 0.05) is 17.6 Å². The van der Waals surface area contributed by atoms with E-state index in [0.717, 1.165) is 10.9 Å². The van der Waals surface area contributed by atoms with E-state index in [1.165, 1.54) is 37.2 Å². The third-order valence-corrected chi connectivity index (χ3v) is 4.26. The number of rotatable bonds is 2. The summed E-state index contributed by atoms with van der Waals surface area (Å²) < 4.78 is 3.87. The van der Waals surface area contributed by atoms with Crippen molar-refractivity contribution in [3.63, 3.8) is 0 Å². The van der Waals surface area contributed by atoms with E-state index < -0.39 is 0 Å². The van der Waals surface area contributed by atoms with Gasteiger partial charge in [0.15, 0.2) is 0 Å². The van der Waals surface area contributed by atoms with Crippen molar-refractivity contribution in [1.82, 2.24) is 9.59 Å². The van der Waals surface area contributed by atoms with Crippen LogP contribution in [0.4, 0.5) is 5.00 Å². The second-order valence-corrected chi connectivity index (χ2v) is 6.63. The summed E-state index contributed by atoms with van der Waals surface area (Å²) in [5.41, 5.74) is 0.469. The molecule has 90 valence electrons. The number of nitrogens with one attached hydrogen (secondary N) is 1. The lowest BCUT2D eigenvalue weighted by Gasteiger charge is -2.37. The zero-order valence-electron chi connectivity index (χ0n) is 10.4. The zero-order chi connectivity index (χ0) is 11.6. The van der Waals surface area contributed by atoms with Crippen LogP contribution in [0.15, 0.2) is 6.20 Å². The molecule has 0 unspecified atom stereocenters. The molecule has 0 spiro atoms. The van der Waals surface area contributed by atoms with Gasteiger partial charge in [-0.15, -0.1) is 5.10 Å². The molecule has 1 aliphatic carbocycles. The van der Waals surface area contributed by atoms with E-state index in [4.69, 9.17) is 0 Å². The minimum atomic E-state index is 0.469. The van der Waals surface area contributed by atoms with Gasteiger partial charge in [0.25, 0.3) is 0 Å². The summed E-state index contributed by atoms with van der Waals surface area (Å²) in [6.45, 7) is 7.08. The Morgan fingerprint density at radius 1 is 1.25 bits per heavy atom. The average Bonchev–Trinajstić information content (AvgIpc) is 2.70. The molecular weight excluding hydrogens is 218 g/mol. The van der Waals surface area contributed by atoms with Crippen molar-refractivity contribution in [1.29, 1.82) is 0 Å². The van der Waals surface area contributed by atoms with Gasteiger partial charge in [-0.2, -0.15) is 0 Å². The van der Waals surface area contributed by atoms with Crippen molar-refractivity contribution >= 4 is 16.5 Å². The summed E-state index contributed by atoms with van der Waals surface area (Å²) in [6.07, 6.45) is 7.06. The Morgan fingerprint density at radius 2 is 1.94 bits per heavy atom. The van der Waals surface area contributed by atoms with Gasteiger partial charge in [-0.25, -0.2) is 0 Å². The lowest BCUT2D eigenvalue weighted by Crippen LogP contribution is -2.31. The molecule has 2 rings (SSSR count). The molecule has 0 radical (unpaired) electrons. The summed E-state index contributed by atoms with van der Waals surface area (Å²) >= 11 is 1.45. The van der Waals surface area contributed by atoms with Crippen LogP contribution in [0.25, 0.3) is 0 Å². The highest BCUT2D eigenvalue weighted by Crippen LogP contribution is 2.38. The summed E-state index contributed by atoms with van der Waals surface area (Å²) in [6, 6.07) is 0.626. The monoisotopic (exact) mass is 239 g/mol. The third kappa shape index (κ3) is 2.94. The average molecular weight is 239 g/mol. The minimum Gasteiger partial charge on any atom is -0.372 e. The van der Waals surface area contributed by atoms with Gasteiger partial charge in [-0.1, -0.05) is 25.3 Å². The highest BCUT2D eigenvalue weighted by Gasteiger charge is 2.29. The van der Waals surface area contributed by atoms with Crippen molar-refractivity contribution in [3.05, 3.63) is 6.20 Å². The number of hydrogen-bond donors (Lipinski definition) is 1. The van der Waals surface area contributed by atoms with Crippen LogP contribution >= 0.6 is 11.5 Å². The second kappa shape index (κ2) is 4.70. The van der Waals surface area contributed by atoms with Crippen LogP contribution in [0, 0.1) is 11.3 Å². The van der Waals surface area contributed by atoms with Gasteiger partial charge in [-0.3, -0.25) is 0 Å². The van der Waals surface area contributed by atoms with E-state index in [-0.39, 0.29) is 0 Å². The molecule has 0 atom stereocenters. The van der Waals surface area contributed by atoms with Gasteiger partial charge < -0.3 is 5.32 Å². The first-order chi connectivity index (χ1) is 7.55. The molecule has 1 saturated carbocycles. The SMILES string of the molecule is CC(C)(C)C1CCC(Nc2cnns2)CC1. The second-order valence-electron chi connectivity index (χ2n) is 5.84. The number of nitrogens with zero attached hydrogens (tertiary/aromatic N) is 2. The lowest BCUT2D eigenvalue weighted by molar-refractivity contribution is 0.173. The number of anilines is 1. The van der Waals surface area contributed by atoms with Gasteiger partial charge in [0.2, 0.25) is 0 Å². The summed E-state index contributed by atoms with van der Waals surface area (Å²) in [4.78, 5) is 0. The van der Waals surface area contributed by atoms with E-state index >= 15 is 0 Å². The van der Waals surface area contributed by atoms with Crippen LogP contribution in [-0.2, 0) is 0 Å². The topological polar surface area (TPSA) is 37.8 Å². The predicted octanol–water partition coefficient (Wildman–Crippen LogP) is 3.55. The highest BCUT2D eigenvalue weighted by atomic mass is 32.1. The van der Waals surface area contributed by atoms with Gasteiger partial charge in [0.05, 0.1) is 6.20 Å². The Morgan fingerprint density at radius 3 is 2.44 bits per heavy atom. The van der Waals surface area contributed by atoms with Gasteiger partial charge >= 0.3 is 0 Å². The first kappa shape index (κ1) is 11.8. The molecule has 0 aromatic carbocycles. The first-order valence-electron chi connectivity index (χ1n) is 6.09. The first-order valence-corrected chi connectivity index (χ1v) is 6.87. The van der Waals surface area contributed by atoms with E-state index in [2.05, 4.69) is 35.7 Å². The molecule has 16 heavy (non-hydrogen) atoms. The maximum atomic E-state index is 3.87. The van der Waals surface area contributed by atoms with Crippen molar-refractivity contribution in [3.8, 4) is 0 Å². The summed E-state index contributed by atoms with van der Waals surface area (Å²) in [5.74, 6) is 0.880. The van der Waals surface area contributed by atoms with Crippen molar-refractivity contribution in [2.75, 3.05) is 5.32 Å². The van der Waals surface area contributed by atoms with Crippen LogP contribution in [0.2, 0.25) is 0 Å². The Kier molecular flexibility index (Phi) is 3.47. The summed E-state index contributed by atoms with van der Waals surface area (Å²) in [5, 5.41) is 8.48. The number of aromatic nitrogens is 2. The molecule has 3 nitrogen and oxygen atoms in total. The van der Waals surface area contributed by atoms with Crippen molar-refractivity contribution in [2.24, 2.45) is 11.3 Å². The molecule has 0 bridgehead atoms. The van der Waals surface area contributed by atoms with E-state index in [9.17, 15) is 0 Å². The Hall–Kier alpha value is -0.640. The van der Waals surface area contributed by atoms with Crippen LogP contribution in [0.1, 0.15) is 46.5 Å². The molecular formula is C12H21N3S. The lowest BCUT2D eigenvalue weighted by atomic mass is 9.71. The molecule has 1 aliphatic rings. The molecule has 0 aliphatic heterocycles. The Balaban J connectivity index is 1.82. The number of hydrogen-bond acceptors (Lipinski definition) is 4. The van der Waals surface area contributed by atoms with Crippen LogP contribution in [-0.4, -0.2) is 15.6 Å². The van der Waals surface area contributed by atoms with E-state index in [1.54, 1.807) is 0 Å². The largest absolute Gasteiger partial charge is 0.372 e. The van der Waals surface area contributed by atoms with Gasteiger partial charge in [0.1, 0.15) is 5.00 Å². The van der Waals surface area contributed by atoms with Crippen LogP contribution < -0.4 is 5.32 Å². The molecule has 4 heteroatoms. The Bertz CT molecular complexity index is 308. The maximum Gasteiger partial charge on any atom is 0.130 e. The van der Waals surface area contributed by atoms with Gasteiger partial charge in [-0.05, 0) is 37.0 Å². The molecule has 1 fully saturated rings. The zero-order valence-corrected chi connectivity index (χ0v) is 11.2. The van der Waals surface area contributed by atoms with Crippen LogP contribution in [0.5, 0.6) is 0 Å². The Labute approximate surface area is 102 Å². The quantitative estimate of drug-likeness (QED) is 0.857. The molecule has 0 saturated heterocycles. The smallest absolute Gasteiger partial charge is 0.130 e.